The molecule has 22 heavy (non-hydrogen) atoms. The summed E-state index contributed by atoms with van der Waals surface area (Å²) in [7, 11) is 1.95. The van der Waals surface area contributed by atoms with E-state index in [0.717, 1.165) is 27.1 Å². The summed E-state index contributed by atoms with van der Waals surface area (Å²) in [6, 6.07) is 8.06. The smallest absolute Gasteiger partial charge is 0.179 e. The molecule has 0 aliphatic carbocycles. The Labute approximate surface area is 129 Å². The van der Waals surface area contributed by atoms with Crippen molar-refractivity contribution in [1.29, 1.82) is 0 Å². The zero-order valence-electron chi connectivity index (χ0n) is 11.8. The minimum absolute atomic E-state index is 0.459. The first-order chi connectivity index (χ1) is 10.7. The minimum atomic E-state index is 0.459. The molecule has 0 unspecified atom stereocenters. The lowest BCUT2D eigenvalue weighted by molar-refractivity contribution is 0.797. The normalized spacial score (nSPS) is 11.5. The Kier molecular flexibility index (Phi) is 2.97. The maximum Gasteiger partial charge on any atom is 0.179 e. The number of pyridine rings is 1. The van der Waals surface area contributed by atoms with Crippen LogP contribution in [0.25, 0.3) is 22.1 Å². The zero-order valence-corrected chi connectivity index (χ0v) is 12.6. The third-order valence-corrected chi connectivity index (χ3v) is 4.63. The van der Waals surface area contributed by atoms with Gasteiger partial charge in [-0.05, 0) is 17.7 Å². The topological polar surface area (TPSA) is 98.3 Å². The van der Waals surface area contributed by atoms with Crippen molar-refractivity contribution in [3.63, 3.8) is 0 Å². The van der Waals surface area contributed by atoms with Crippen molar-refractivity contribution >= 4 is 39.6 Å². The summed E-state index contributed by atoms with van der Waals surface area (Å²) in [5.74, 6) is 1.26. The highest BCUT2D eigenvalue weighted by atomic mass is 32.2. The summed E-state index contributed by atoms with van der Waals surface area (Å²) in [6.45, 7) is 0. The van der Waals surface area contributed by atoms with Crippen molar-refractivity contribution in [1.82, 2.24) is 30.2 Å². The van der Waals surface area contributed by atoms with Crippen molar-refractivity contribution in [2.24, 2.45) is 7.05 Å². The van der Waals surface area contributed by atoms with Gasteiger partial charge in [0.1, 0.15) is 11.3 Å². The summed E-state index contributed by atoms with van der Waals surface area (Å²) in [5, 5.41) is 16.1. The Morgan fingerprint density at radius 3 is 3.18 bits per heavy atom. The molecule has 0 atom stereocenters. The highest BCUT2D eigenvalue weighted by Crippen LogP contribution is 2.31. The zero-order chi connectivity index (χ0) is 15.1. The van der Waals surface area contributed by atoms with Crippen LogP contribution in [0.1, 0.15) is 5.56 Å². The maximum absolute atomic E-state index is 5.83. The van der Waals surface area contributed by atoms with Crippen LogP contribution >= 0.6 is 11.8 Å². The SMILES string of the molecule is Cn1ncc2c(CSc3cc(N)nc4[nH]nnc34)cccc21. The van der Waals surface area contributed by atoms with E-state index in [1.54, 1.807) is 11.8 Å². The number of nitrogens with zero attached hydrogens (tertiary/aromatic N) is 5. The maximum atomic E-state index is 5.83. The molecule has 0 aliphatic heterocycles. The number of anilines is 1. The van der Waals surface area contributed by atoms with Gasteiger partial charge in [-0.2, -0.15) is 5.10 Å². The molecule has 0 saturated heterocycles. The molecule has 0 amide bonds. The van der Waals surface area contributed by atoms with Crippen LogP contribution in [-0.4, -0.2) is 30.2 Å². The van der Waals surface area contributed by atoms with Crippen LogP contribution in [0, 0.1) is 0 Å². The predicted molar refractivity (Wildman–Crippen MR) is 86.4 cm³/mol. The van der Waals surface area contributed by atoms with Crippen LogP contribution in [0.3, 0.4) is 0 Å². The van der Waals surface area contributed by atoms with Crippen LogP contribution < -0.4 is 5.73 Å². The van der Waals surface area contributed by atoms with E-state index in [-0.39, 0.29) is 0 Å². The number of nitrogen functional groups attached to an aromatic ring is 1. The molecule has 3 N–H and O–H groups in total. The number of aryl methyl sites for hydroxylation is 1. The van der Waals surface area contributed by atoms with Gasteiger partial charge >= 0.3 is 0 Å². The average molecular weight is 311 g/mol. The van der Waals surface area contributed by atoms with Gasteiger partial charge in [0.2, 0.25) is 0 Å². The largest absolute Gasteiger partial charge is 0.384 e. The van der Waals surface area contributed by atoms with Gasteiger partial charge in [0.05, 0.1) is 11.7 Å². The molecule has 0 aliphatic rings. The molecule has 3 heterocycles. The number of hydrogen-bond donors (Lipinski definition) is 2. The summed E-state index contributed by atoms with van der Waals surface area (Å²) in [6.07, 6.45) is 1.90. The van der Waals surface area contributed by atoms with E-state index >= 15 is 0 Å². The number of H-pyrrole nitrogens is 1. The molecule has 1 aromatic carbocycles. The first-order valence-electron chi connectivity index (χ1n) is 6.72. The van der Waals surface area contributed by atoms with Gasteiger partial charge in [0, 0.05) is 23.1 Å². The molecule has 0 fully saturated rings. The number of thioether (sulfide) groups is 1. The van der Waals surface area contributed by atoms with E-state index in [2.05, 4.69) is 37.6 Å². The first-order valence-corrected chi connectivity index (χ1v) is 7.70. The van der Waals surface area contributed by atoms with Gasteiger partial charge < -0.3 is 5.73 Å². The van der Waals surface area contributed by atoms with Crippen molar-refractivity contribution in [3.05, 3.63) is 36.0 Å². The van der Waals surface area contributed by atoms with Crippen molar-refractivity contribution in [2.75, 3.05) is 5.73 Å². The van der Waals surface area contributed by atoms with E-state index in [1.165, 1.54) is 5.56 Å². The van der Waals surface area contributed by atoms with Gasteiger partial charge in [-0.25, -0.2) is 10.1 Å². The molecule has 0 spiro atoms. The number of fused-ring (bicyclic) bond motifs is 2. The fraction of sp³-hybridized carbons (Fsp3) is 0.143. The Bertz CT molecular complexity index is 972. The average Bonchev–Trinajstić information content (AvgIpc) is 3.12. The number of aromatic nitrogens is 6. The van der Waals surface area contributed by atoms with Crippen LogP contribution in [0.2, 0.25) is 0 Å². The molecule has 0 saturated carbocycles. The monoisotopic (exact) mass is 311 g/mol. The van der Waals surface area contributed by atoms with E-state index in [9.17, 15) is 0 Å². The summed E-state index contributed by atoms with van der Waals surface area (Å²) in [5.41, 5.74) is 9.54. The molecule has 3 aromatic heterocycles. The summed E-state index contributed by atoms with van der Waals surface area (Å²) < 4.78 is 1.88. The summed E-state index contributed by atoms with van der Waals surface area (Å²) in [4.78, 5) is 5.14. The molecule has 8 heteroatoms. The molecular weight excluding hydrogens is 298 g/mol. The molecule has 4 rings (SSSR count). The predicted octanol–water partition coefficient (Wildman–Crippen LogP) is 2.11. The molecular formula is C14H13N7S. The molecule has 110 valence electrons. The molecule has 7 nitrogen and oxygen atoms in total. The number of aromatic amines is 1. The standard InChI is InChI=1S/C14H13N7S/c1-21-10-4-2-3-8(9(10)6-16-21)7-22-11-5-12(15)17-14-13(11)18-20-19-14/h2-6H,7H2,1H3,(H3,15,17,18,19,20). The highest BCUT2D eigenvalue weighted by molar-refractivity contribution is 7.98. The fourth-order valence-corrected chi connectivity index (χ4v) is 3.50. The van der Waals surface area contributed by atoms with E-state index in [1.807, 2.05) is 30.1 Å². The van der Waals surface area contributed by atoms with Crippen molar-refractivity contribution < 1.29 is 0 Å². The Hall–Kier alpha value is -2.61. The second-order valence-electron chi connectivity index (χ2n) is 4.96. The quantitative estimate of drug-likeness (QED) is 0.562. The highest BCUT2D eigenvalue weighted by Gasteiger charge is 2.10. The van der Waals surface area contributed by atoms with Gasteiger partial charge in [0.15, 0.2) is 5.65 Å². The molecule has 0 radical (unpaired) electrons. The number of hydrogen-bond acceptors (Lipinski definition) is 6. The van der Waals surface area contributed by atoms with Crippen LogP contribution in [0.5, 0.6) is 0 Å². The Morgan fingerprint density at radius 2 is 2.27 bits per heavy atom. The van der Waals surface area contributed by atoms with Gasteiger partial charge in [-0.1, -0.05) is 17.3 Å². The second-order valence-corrected chi connectivity index (χ2v) is 5.98. The minimum Gasteiger partial charge on any atom is -0.384 e. The van der Waals surface area contributed by atoms with E-state index < -0.39 is 0 Å². The number of benzene rings is 1. The third kappa shape index (κ3) is 2.08. The molecule has 4 aromatic rings. The summed E-state index contributed by atoms with van der Waals surface area (Å²) >= 11 is 1.67. The van der Waals surface area contributed by atoms with Crippen LogP contribution in [0.4, 0.5) is 5.82 Å². The fourth-order valence-electron chi connectivity index (χ4n) is 2.46. The number of rotatable bonds is 3. The van der Waals surface area contributed by atoms with Crippen LogP contribution in [0.15, 0.2) is 35.4 Å². The first kappa shape index (κ1) is 13.1. The number of nitrogens with one attached hydrogen (secondary N) is 1. The Morgan fingerprint density at radius 1 is 1.36 bits per heavy atom. The molecule has 0 bridgehead atoms. The van der Waals surface area contributed by atoms with Crippen molar-refractivity contribution in [3.8, 4) is 0 Å². The third-order valence-electron chi connectivity index (χ3n) is 3.55. The van der Waals surface area contributed by atoms with Gasteiger partial charge in [0.25, 0.3) is 0 Å². The lowest BCUT2D eigenvalue weighted by atomic mass is 10.1. The Balaban J connectivity index is 1.70. The van der Waals surface area contributed by atoms with Crippen molar-refractivity contribution in [2.45, 2.75) is 10.6 Å². The van der Waals surface area contributed by atoms with Crippen LogP contribution in [-0.2, 0) is 12.8 Å². The second kappa shape index (κ2) is 4.99. The van der Waals surface area contributed by atoms with Gasteiger partial charge in [-0.3, -0.25) is 4.68 Å². The lowest BCUT2D eigenvalue weighted by Gasteiger charge is -2.05. The lowest BCUT2D eigenvalue weighted by Crippen LogP contribution is -1.92. The van der Waals surface area contributed by atoms with E-state index in [4.69, 9.17) is 5.73 Å². The number of nitrogens with two attached hydrogens (primary N) is 1. The van der Waals surface area contributed by atoms with E-state index in [0.29, 0.717) is 11.5 Å². The van der Waals surface area contributed by atoms with Gasteiger partial charge in [-0.15, -0.1) is 16.9 Å².